The normalized spacial score (nSPS) is 14.2. The van der Waals surface area contributed by atoms with Crippen LogP contribution in [0.2, 0.25) is 10.0 Å². The molecule has 0 saturated heterocycles. The molecule has 0 spiro atoms. The van der Waals surface area contributed by atoms with Crippen LogP contribution < -0.4 is 10.4 Å². The van der Waals surface area contributed by atoms with Crippen LogP contribution >= 0.6 is 23.2 Å². The van der Waals surface area contributed by atoms with E-state index in [1.807, 2.05) is 42.5 Å². The van der Waals surface area contributed by atoms with Crippen molar-refractivity contribution in [2.45, 2.75) is 13.0 Å². The van der Waals surface area contributed by atoms with Gasteiger partial charge in [-0.1, -0.05) is 53.5 Å². The topological polar surface area (TPSA) is 27.7 Å². The minimum Gasteiger partial charge on any atom is -0.384 e. The van der Waals surface area contributed by atoms with Gasteiger partial charge in [-0.2, -0.15) is 0 Å². The lowest BCUT2D eigenvalue weighted by Gasteiger charge is -2.22. The number of nitrogens with one attached hydrogen (secondary N) is 1. The summed E-state index contributed by atoms with van der Waals surface area (Å²) in [5, 5.41) is 3.65. The Bertz CT molecular complexity index is 810. The molecule has 1 heterocycles. The van der Waals surface area contributed by atoms with Crippen LogP contribution in [0, 0.1) is 0 Å². The molecule has 0 bridgehead atoms. The van der Waals surface area contributed by atoms with Gasteiger partial charge in [0.15, 0.2) is 0 Å². The molecule has 3 rings (SSSR count). The van der Waals surface area contributed by atoms with Crippen LogP contribution in [0.4, 0.5) is 5.69 Å². The summed E-state index contributed by atoms with van der Waals surface area (Å²) < 4.78 is 5.28. The number of rotatable bonds is 8. The molecule has 0 radical (unpaired) electrons. The summed E-state index contributed by atoms with van der Waals surface area (Å²) in [5.41, 5.74) is 8.16. The molecule has 0 atom stereocenters. The molecule has 144 valence electrons. The van der Waals surface area contributed by atoms with Crippen LogP contribution in [0.5, 0.6) is 0 Å². The first-order chi connectivity index (χ1) is 13.1. The van der Waals surface area contributed by atoms with Gasteiger partial charge in [-0.25, -0.2) is 0 Å². The Hall–Kier alpha value is -1.72. The van der Waals surface area contributed by atoms with Crippen LogP contribution in [0.3, 0.4) is 0 Å². The maximum atomic E-state index is 6.38. The van der Waals surface area contributed by atoms with E-state index >= 15 is 0 Å². The number of para-hydroxylation sites is 1. The summed E-state index contributed by atoms with van der Waals surface area (Å²) in [6.45, 7) is 3.11. The average Bonchev–Trinajstić information content (AvgIpc) is 3.04. The number of methoxy groups -OCH3 is 1. The molecule has 0 aliphatic carbocycles. The van der Waals surface area contributed by atoms with Gasteiger partial charge in [-0.05, 0) is 36.4 Å². The van der Waals surface area contributed by atoms with Gasteiger partial charge in [-0.15, -0.1) is 0 Å². The van der Waals surface area contributed by atoms with Gasteiger partial charge in [0.1, 0.15) is 0 Å². The number of hydrazine groups is 1. The first kappa shape index (κ1) is 20.0. The largest absolute Gasteiger partial charge is 0.384 e. The van der Waals surface area contributed by atoms with Crippen molar-refractivity contribution in [2.24, 2.45) is 0 Å². The second-order valence-corrected chi connectivity index (χ2v) is 7.55. The standard InChI is InChI=1S/C21H25Cl2N3O/c1-25(13-16-7-3-4-8-18(16)22)14-17-15-26(24-20(17)11-12-27-2)21-10-6-5-9-19(21)23/h3-10,24H,11-15H2,1-2H3. The van der Waals surface area contributed by atoms with Crippen molar-refractivity contribution in [1.29, 1.82) is 0 Å². The molecule has 2 aromatic carbocycles. The Morgan fingerprint density at radius 3 is 2.44 bits per heavy atom. The Labute approximate surface area is 171 Å². The lowest BCUT2D eigenvalue weighted by Crippen LogP contribution is -2.32. The molecular weight excluding hydrogens is 381 g/mol. The lowest BCUT2D eigenvalue weighted by atomic mass is 10.1. The van der Waals surface area contributed by atoms with Gasteiger partial charge < -0.3 is 10.2 Å². The van der Waals surface area contributed by atoms with E-state index in [2.05, 4.69) is 28.4 Å². The number of benzene rings is 2. The summed E-state index contributed by atoms with van der Waals surface area (Å²) in [5.74, 6) is 0. The van der Waals surface area contributed by atoms with Crippen molar-refractivity contribution < 1.29 is 4.74 Å². The van der Waals surface area contributed by atoms with E-state index in [1.165, 1.54) is 11.3 Å². The van der Waals surface area contributed by atoms with Gasteiger partial charge in [0.05, 0.1) is 23.9 Å². The predicted octanol–water partition coefficient (Wildman–Crippen LogP) is 4.74. The molecule has 0 aromatic heterocycles. The highest BCUT2D eigenvalue weighted by Crippen LogP contribution is 2.29. The van der Waals surface area contributed by atoms with E-state index in [9.17, 15) is 0 Å². The van der Waals surface area contributed by atoms with Crippen molar-refractivity contribution in [2.75, 3.05) is 38.9 Å². The zero-order chi connectivity index (χ0) is 19.2. The molecule has 1 aliphatic heterocycles. The molecule has 1 N–H and O–H groups in total. The van der Waals surface area contributed by atoms with E-state index in [0.717, 1.165) is 47.4 Å². The number of halogens is 2. The fraction of sp³-hybridized carbons (Fsp3) is 0.333. The first-order valence-corrected chi connectivity index (χ1v) is 9.74. The molecule has 1 aliphatic rings. The van der Waals surface area contributed by atoms with Crippen LogP contribution in [0.15, 0.2) is 59.8 Å². The maximum absolute atomic E-state index is 6.38. The van der Waals surface area contributed by atoms with Crippen molar-refractivity contribution in [3.05, 3.63) is 75.4 Å². The second-order valence-electron chi connectivity index (χ2n) is 6.74. The smallest absolute Gasteiger partial charge is 0.0761 e. The Balaban J connectivity index is 1.71. The zero-order valence-electron chi connectivity index (χ0n) is 15.7. The predicted molar refractivity (Wildman–Crippen MR) is 113 cm³/mol. The Kier molecular flexibility index (Phi) is 7.02. The van der Waals surface area contributed by atoms with Crippen LogP contribution in [-0.2, 0) is 11.3 Å². The van der Waals surface area contributed by atoms with Gasteiger partial charge >= 0.3 is 0 Å². The third-order valence-electron chi connectivity index (χ3n) is 4.60. The number of ether oxygens (including phenoxy) is 1. The molecule has 6 heteroatoms. The molecular formula is C21H25Cl2N3O. The monoisotopic (exact) mass is 405 g/mol. The van der Waals surface area contributed by atoms with Crippen LogP contribution in [0.1, 0.15) is 12.0 Å². The zero-order valence-corrected chi connectivity index (χ0v) is 17.2. The highest BCUT2D eigenvalue weighted by Gasteiger charge is 2.24. The molecule has 27 heavy (non-hydrogen) atoms. The molecule has 2 aromatic rings. The van der Waals surface area contributed by atoms with Crippen LogP contribution in [-0.4, -0.2) is 38.8 Å². The molecule has 0 fully saturated rings. The molecule has 4 nitrogen and oxygen atoms in total. The van der Waals surface area contributed by atoms with Gasteiger partial charge in [0.25, 0.3) is 0 Å². The fourth-order valence-electron chi connectivity index (χ4n) is 3.27. The van der Waals surface area contributed by atoms with E-state index in [-0.39, 0.29) is 0 Å². The third kappa shape index (κ3) is 5.17. The van der Waals surface area contributed by atoms with E-state index in [0.29, 0.717) is 6.61 Å². The summed E-state index contributed by atoms with van der Waals surface area (Å²) >= 11 is 12.7. The maximum Gasteiger partial charge on any atom is 0.0761 e. The van der Waals surface area contributed by atoms with Gasteiger partial charge in [-0.3, -0.25) is 9.91 Å². The fourth-order valence-corrected chi connectivity index (χ4v) is 3.70. The highest BCUT2D eigenvalue weighted by atomic mass is 35.5. The van der Waals surface area contributed by atoms with Crippen LogP contribution in [0.25, 0.3) is 0 Å². The van der Waals surface area contributed by atoms with Crippen molar-refractivity contribution in [1.82, 2.24) is 10.3 Å². The van der Waals surface area contributed by atoms with E-state index in [4.69, 9.17) is 27.9 Å². The van der Waals surface area contributed by atoms with E-state index in [1.54, 1.807) is 7.11 Å². The molecule has 0 unspecified atom stereocenters. The first-order valence-electron chi connectivity index (χ1n) is 8.99. The molecule has 0 amide bonds. The summed E-state index contributed by atoms with van der Waals surface area (Å²) in [7, 11) is 3.84. The van der Waals surface area contributed by atoms with Gasteiger partial charge in [0, 0.05) is 37.3 Å². The summed E-state index contributed by atoms with van der Waals surface area (Å²) in [4.78, 5) is 2.28. The van der Waals surface area contributed by atoms with Crippen molar-refractivity contribution in [3.8, 4) is 0 Å². The number of hydrogen-bond donors (Lipinski definition) is 1. The van der Waals surface area contributed by atoms with E-state index < -0.39 is 0 Å². The Morgan fingerprint density at radius 2 is 1.74 bits per heavy atom. The minimum atomic E-state index is 0.677. The Morgan fingerprint density at radius 1 is 1.04 bits per heavy atom. The van der Waals surface area contributed by atoms with Crippen molar-refractivity contribution >= 4 is 28.9 Å². The second kappa shape index (κ2) is 9.47. The number of hydrogen-bond acceptors (Lipinski definition) is 4. The van der Waals surface area contributed by atoms with Crippen molar-refractivity contribution in [3.63, 3.8) is 0 Å². The SMILES string of the molecule is COCCC1=C(CN(C)Cc2ccccc2Cl)CN(c2ccccc2Cl)N1. The molecule has 0 saturated carbocycles. The average molecular weight is 406 g/mol. The number of anilines is 1. The lowest BCUT2D eigenvalue weighted by molar-refractivity contribution is 0.200. The quantitative estimate of drug-likeness (QED) is 0.686. The third-order valence-corrected chi connectivity index (χ3v) is 5.29. The summed E-state index contributed by atoms with van der Waals surface area (Å²) in [6.07, 6.45) is 0.840. The minimum absolute atomic E-state index is 0.677. The number of nitrogens with zero attached hydrogens (tertiary/aromatic N) is 2. The number of likely N-dealkylation sites (N-methyl/N-ethyl adjacent to an activating group) is 1. The van der Waals surface area contributed by atoms with Gasteiger partial charge in [0.2, 0.25) is 0 Å². The highest BCUT2D eigenvalue weighted by molar-refractivity contribution is 6.33. The summed E-state index contributed by atoms with van der Waals surface area (Å²) in [6, 6.07) is 15.9.